The summed E-state index contributed by atoms with van der Waals surface area (Å²) in [5, 5.41) is 26.8. The molecule has 9 N–H and O–H groups in total. The van der Waals surface area contributed by atoms with E-state index in [0.717, 1.165) is 0 Å². The molecule has 0 fully saturated rings. The van der Waals surface area contributed by atoms with Gasteiger partial charge in [-0.15, -0.1) is 0 Å². The second kappa shape index (κ2) is 14.8. The molecule has 11 nitrogen and oxygen atoms in total. The third kappa shape index (κ3) is 9.92. The Bertz CT molecular complexity index is 628. The zero-order valence-electron chi connectivity index (χ0n) is 19.8. The van der Waals surface area contributed by atoms with Crippen LogP contribution < -0.4 is 27.4 Å². The average Bonchev–Trinajstić information content (AvgIpc) is 2.72. The molecule has 0 aliphatic carbocycles. The number of hydrogen-bond donors (Lipinski definition) is 7. The first-order valence-electron chi connectivity index (χ1n) is 11.1. The number of carboxylic acid groups (broad SMARTS) is 1. The molecule has 0 bridgehead atoms. The Morgan fingerprint density at radius 3 is 1.84 bits per heavy atom. The zero-order valence-corrected chi connectivity index (χ0v) is 19.8. The van der Waals surface area contributed by atoms with Crippen LogP contribution in [0.3, 0.4) is 0 Å². The zero-order chi connectivity index (χ0) is 25.0. The minimum Gasteiger partial charge on any atom is -0.480 e. The number of carbonyl (C=O) groups is 4. The van der Waals surface area contributed by atoms with Gasteiger partial charge < -0.3 is 37.6 Å². The van der Waals surface area contributed by atoms with E-state index in [1.165, 1.54) is 6.92 Å². The maximum Gasteiger partial charge on any atom is 0.326 e. The topological polar surface area (TPSA) is 197 Å². The molecule has 0 saturated heterocycles. The predicted octanol–water partition coefficient (Wildman–Crippen LogP) is -0.935. The first-order chi connectivity index (χ1) is 14.9. The van der Waals surface area contributed by atoms with Gasteiger partial charge in [0.15, 0.2) is 0 Å². The molecule has 11 heteroatoms. The summed E-state index contributed by atoms with van der Waals surface area (Å²) in [6.07, 6.45) is 0.648. The minimum absolute atomic E-state index is 0.0888. The molecule has 6 unspecified atom stereocenters. The van der Waals surface area contributed by atoms with E-state index in [9.17, 15) is 29.4 Å². The third-order valence-corrected chi connectivity index (χ3v) is 5.43. The number of carbonyl (C=O) groups excluding carboxylic acids is 3. The molecular weight excluding hydrogens is 418 g/mol. The first kappa shape index (κ1) is 29.8. The second-order valence-corrected chi connectivity index (χ2v) is 8.55. The standard InChI is InChI=1S/C21H41N5O6/c1-6-12(4)15(23)18(28)25-16(11(2)3)19(29)26-17(13(5)27)20(30)24-14(21(31)32)9-7-8-10-22/h11-17,27H,6-10,22-23H2,1-5H3,(H,24,30)(H,25,28)(H,26,29)(H,31,32). The Morgan fingerprint density at radius 2 is 1.41 bits per heavy atom. The van der Waals surface area contributed by atoms with Crippen LogP contribution in [0.2, 0.25) is 0 Å². The summed E-state index contributed by atoms with van der Waals surface area (Å²) < 4.78 is 0. The molecule has 0 aromatic rings. The summed E-state index contributed by atoms with van der Waals surface area (Å²) in [7, 11) is 0. The molecular formula is C21H41N5O6. The Hall–Kier alpha value is -2.24. The van der Waals surface area contributed by atoms with E-state index in [-0.39, 0.29) is 18.3 Å². The lowest BCUT2D eigenvalue weighted by Gasteiger charge is -2.28. The molecule has 32 heavy (non-hydrogen) atoms. The number of unbranched alkanes of at least 4 members (excludes halogenated alkanes) is 1. The SMILES string of the molecule is CCC(C)C(N)C(=O)NC(C(=O)NC(C(=O)NC(CCCCN)C(=O)O)C(C)O)C(C)C. The monoisotopic (exact) mass is 459 g/mol. The molecule has 0 radical (unpaired) electrons. The lowest BCUT2D eigenvalue weighted by Crippen LogP contribution is -2.61. The normalized spacial score (nSPS) is 16.9. The lowest BCUT2D eigenvalue weighted by molar-refractivity contribution is -0.143. The summed E-state index contributed by atoms with van der Waals surface area (Å²) in [6, 6.07) is -4.37. The van der Waals surface area contributed by atoms with Crippen LogP contribution in [0.15, 0.2) is 0 Å². The van der Waals surface area contributed by atoms with E-state index in [1.54, 1.807) is 13.8 Å². The first-order valence-corrected chi connectivity index (χ1v) is 11.1. The number of aliphatic hydroxyl groups excluding tert-OH is 1. The minimum atomic E-state index is -1.40. The van der Waals surface area contributed by atoms with Gasteiger partial charge in [-0.2, -0.15) is 0 Å². The molecule has 0 aliphatic heterocycles. The number of rotatable bonds is 15. The molecule has 0 aromatic heterocycles. The van der Waals surface area contributed by atoms with Crippen molar-refractivity contribution in [2.75, 3.05) is 6.54 Å². The van der Waals surface area contributed by atoms with E-state index < -0.39 is 54.0 Å². The van der Waals surface area contributed by atoms with E-state index >= 15 is 0 Å². The maximum atomic E-state index is 12.8. The van der Waals surface area contributed by atoms with Crippen molar-refractivity contribution in [1.29, 1.82) is 0 Å². The Morgan fingerprint density at radius 1 is 0.875 bits per heavy atom. The van der Waals surface area contributed by atoms with Crippen LogP contribution in [0.1, 0.15) is 60.3 Å². The van der Waals surface area contributed by atoms with Crippen LogP contribution >= 0.6 is 0 Å². The van der Waals surface area contributed by atoms with Gasteiger partial charge in [0.2, 0.25) is 17.7 Å². The van der Waals surface area contributed by atoms with Crippen LogP contribution in [0.25, 0.3) is 0 Å². The van der Waals surface area contributed by atoms with Gasteiger partial charge >= 0.3 is 5.97 Å². The van der Waals surface area contributed by atoms with E-state index in [2.05, 4.69) is 16.0 Å². The highest BCUT2D eigenvalue weighted by atomic mass is 16.4. The van der Waals surface area contributed by atoms with Gasteiger partial charge in [-0.3, -0.25) is 14.4 Å². The number of nitrogens with one attached hydrogen (secondary N) is 3. The number of nitrogens with two attached hydrogens (primary N) is 2. The van der Waals surface area contributed by atoms with Gasteiger partial charge in [0.05, 0.1) is 12.1 Å². The molecule has 3 amide bonds. The van der Waals surface area contributed by atoms with Crippen LogP contribution in [-0.2, 0) is 19.2 Å². The van der Waals surface area contributed by atoms with Crippen molar-refractivity contribution in [3.8, 4) is 0 Å². The average molecular weight is 460 g/mol. The summed E-state index contributed by atoms with van der Waals surface area (Å²) in [5.74, 6) is -3.65. The van der Waals surface area contributed by atoms with Crippen molar-refractivity contribution in [3.05, 3.63) is 0 Å². The quantitative estimate of drug-likeness (QED) is 0.152. The fourth-order valence-electron chi connectivity index (χ4n) is 2.96. The summed E-state index contributed by atoms with van der Waals surface area (Å²) in [6.45, 7) is 8.86. The molecule has 6 atom stereocenters. The van der Waals surface area contributed by atoms with Crippen LogP contribution in [0, 0.1) is 11.8 Å². The van der Waals surface area contributed by atoms with Crippen molar-refractivity contribution in [1.82, 2.24) is 16.0 Å². The van der Waals surface area contributed by atoms with Crippen molar-refractivity contribution in [2.24, 2.45) is 23.3 Å². The van der Waals surface area contributed by atoms with Crippen LogP contribution in [0.5, 0.6) is 0 Å². The number of aliphatic carboxylic acids is 1. The van der Waals surface area contributed by atoms with Crippen molar-refractivity contribution < 1.29 is 29.4 Å². The Balaban J connectivity index is 5.32. The molecule has 0 aliphatic rings. The summed E-state index contributed by atoms with van der Waals surface area (Å²) in [4.78, 5) is 49.4. The van der Waals surface area contributed by atoms with Crippen molar-refractivity contribution >= 4 is 23.7 Å². The highest BCUT2D eigenvalue weighted by Crippen LogP contribution is 2.09. The summed E-state index contributed by atoms with van der Waals surface area (Å²) >= 11 is 0. The number of aliphatic hydroxyl groups is 1. The molecule has 0 heterocycles. The van der Waals surface area contributed by atoms with Gasteiger partial charge in [-0.1, -0.05) is 34.1 Å². The fraction of sp³-hybridized carbons (Fsp3) is 0.810. The van der Waals surface area contributed by atoms with Gasteiger partial charge in [-0.25, -0.2) is 4.79 Å². The van der Waals surface area contributed by atoms with Gasteiger partial charge in [-0.05, 0) is 44.6 Å². The molecule has 0 saturated carbocycles. The highest BCUT2D eigenvalue weighted by Gasteiger charge is 2.34. The summed E-state index contributed by atoms with van der Waals surface area (Å²) in [5.41, 5.74) is 11.4. The van der Waals surface area contributed by atoms with Gasteiger partial charge in [0, 0.05) is 0 Å². The van der Waals surface area contributed by atoms with Crippen molar-refractivity contribution in [3.63, 3.8) is 0 Å². The van der Waals surface area contributed by atoms with Gasteiger partial charge in [0.25, 0.3) is 0 Å². The molecule has 0 aromatic carbocycles. The number of carboxylic acids is 1. The molecule has 186 valence electrons. The Kier molecular flexibility index (Phi) is 13.7. The second-order valence-electron chi connectivity index (χ2n) is 8.55. The van der Waals surface area contributed by atoms with Crippen LogP contribution in [0.4, 0.5) is 0 Å². The van der Waals surface area contributed by atoms with E-state index in [1.807, 2.05) is 13.8 Å². The van der Waals surface area contributed by atoms with E-state index in [0.29, 0.717) is 25.8 Å². The largest absolute Gasteiger partial charge is 0.480 e. The van der Waals surface area contributed by atoms with Gasteiger partial charge in [0.1, 0.15) is 18.1 Å². The van der Waals surface area contributed by atoms with E-state index in [4.69, 9.17) is 11.5 Å². The lowest BCUT2D eigenvalue weighted by atomic mass is 9.97. The smallest absolute Gasteiger partial charge is 0.326 e. The maximum absolute atomic E-state index is 12.8. The van der Waals surface area contributed by atoms with Crippen molar-refractivity contribution in [2.45, 2.75) is 90.6 Å². The highest BCUT2D eigenvalue weighted by molar-refractivity contribution is 5.94. The van der Waals surface area contributed by atoms with Crippen LogP contribution in [-0.4, -0.2) is 70.7 Å². The predicted molar refractivity (Wildman–Crippen MR) is 120 cm³/mol. The molecule has 0 spiro atoms. The number of amides is 3. The fourth-order valence-corrected chi connectivity index (χ4v) is 2.96. The number of hydrogen-bond acceptors (Lipinski definition) is 7. The third-order valence-electron chi connectivity index (χ3n) is 5.43. The Labute approximate surface area is 190 Å². The molecule has 0 rings (SSSR count).